The number of carbonyl (C=O) groups excluding carboxylic acids is 1. The van der Waals surface area contributed by atoms with Gasteiger partial charge in [0, 0.05) is 12.7 Å². The van der Waals surface area contributed by atoms with Crippen molar-refractivity contribution < 1.29 is 9.90 Å². The summed E-state index contributed by atoms with van der Waals surface area (Å²) in [7, 11) is 1.70. The van der Waals surface area contributed by atoms with Crippen molar-refractivity contribution in [2.45, 2.75) is 11.8 Å². The van der Waals surface area contributed by atoms with E-state index in [0.29, 0.717) is 0 Å². The van der Waals surface area contributed by atoms with E-state index in [-0.39, 0.29) is 16.5 Å². The van der Waals surface area contributed by atoms with Gasteiger partial charge in [-0.25, -0.2) is 0 Å². The van der Waals surface area contributed by atoms with Crippen LogP contribution in [0.15, 0.2) is 24.3 Å². The summed E-state index contributed by atoms with van der Waals surface area (Å²) in [6, 6.07) is 6.50. The molecule has 14 heavy (non-hydrogen) atoms. The molecule has 0 saturated carbocycles. The van der Waals surface area contributed by atoms with Gasteiger partial charge in [-0.2, -0.15) is 0 Å². The molecule has 0 radical (unpaired) electrons. The van der Waals surface area contributed by atoms with Crippen LogP contribution in [0.5, 0.6) is 5.75 Å². The predicted octanol–water partition coefficient (Wildman–Crippen LogP) is 2.14. The summed E-state index contributed by atoms with van der Waals surface area (Å²) in [5.41, 5.74) is 0.763. The molecule has 0 aromatic heterocycles. The van der Waals surface area contributed by atoms with Crippen molar-refractivity contribution in [3.63, 3.8) is 0 Å². The Bertz CT molecular complexity index is 321. The number of amides is 1. The maximum Gasteiger partial charge on any atom is 0.240 e. The lowest BCUT2D eigenvalue weighted by Gasteiger charge is -2.18. The minimum absolute atomic E-state index is 0.0179. The third-order valence-electron chi connectivity index (χ3n) is 1.91. The summed E-state index contributed by atoms with van der Waals surface area (Å²) < 4.78 is 0. The molecule has 1 rings (SSSR count). The Morgan fingerprint density at radius 1 is 1.43 bits per heavy atom. The molecule has 0 spiro atoms. The summed E-state index contributed by atoms with van der Waals surface area (Å²) in [6.45, 7) is 1.78. The van der Waals surface area contributed by atoms with Crippen LogP contribution in [0.25, 0.3) is 0 Å². The van der Waals surface area contributed by atoms with E-state index in [1.54, 1.807) is 43.1 Å². The zero-order valence-electron chi connectivity index (χ0n) is 8.07. The highest BCUT2D eigenvalue weighted by Crippen LogP contribution is 2.18. The normalized spacial score (nSPS) is 12.2. The van der Waals surface area contributed by atoms with Crippen LogP contribution in [0.3, 0.4) is 0 Å². The summed E-state index contributed by atoms with van der Waals surface area (Å²) in [5.74, 6) is 0.178. The van der Waals surface area contributed by atoms with E-state index in [9.17, 15) is 4.79 Å². The molecule has 1 aromatic carbocycles. The zero-order valence-corrected chi connectivity index (χ0v) is 9.65. The standard InChI is InChI=1S/C10H12BrNO2/c1-7(11)10(14)12(2)8-3-5-9(13)6-4-8/h3-7,13H,1-2H3. The minimum atomic E-state index is -0.207. The lowest BCUT2D eigenvalue weighted by Crippen LogP contribution is -2.31. The maximum atomic E-state index is 11.5. The first-order valence-corrected chi connectivity index (χ1v) is 5.14. The van der Waals surface area contributed by atoms with Crippen LogP contribution in [-0.4, -0.2) is 22.9 Å². The molecule has 0 heterocycles. The lowest BCUT2D eigenvalue weighted by atomic mass is 10.2. The first-order valence-electron chi connectivity index (χ1n) is 4.23. The third-order valence-corrected chi connectivity index (χ3v) is 2.30. The first kappa shape index (κ1) is 11.0. The van der Waals surface area contributed by atoms with Gasteiger partial charge in [0.1, 0.15) is 5.75 Å². The Labute approximate surface area is 91.5 Å². The molecule has 0 aliphatic carbocycles. The number of rotatable bonds is 2. The van der Waals surface area contributed by atoms with Gasteiger partial charge in [0.05, 0.1) is 4.83 Å². The molecule has 0 saturated heterocycles. The molecular formula is C10H12BrNO2. The second kappa shape index (κ2) is 4.46. The van der Waals surface area contributed by atoms with Crippen LogP contribution >= 0.6 is 15.9 Å². The van der Waals surface area contributed by atoms with Gasteiger partial charge in [-0.05, 0) is 31.2 Å². The van der Waals surface area contributed by atoms with Crippen LogP contribution < -0.4 is 4.90 Å². The highest BCUT2D eigenvalue weighted by atomic mass is 79.9. The molecule has 0 fully saturated rings. The van der Waals surface area contributed by atoms with E-state index in [4.69, 9.17) is 5.11 Å². The summed E-state index contributed by atoms with van der Waals surface area (Å²) >= 11 is 3.21. The number of aromatic hydroxyl groups is 1. The van der Waals surface area contributed by atoms with Crippen molar-refractivity contribution in [3.05, 3.63) is 24.3 Å². The van der Waals surface area contributed by atoms with E-state index in [1.807, 2.05) is 0 Å². The average molecular weight is 258 g/mol. The molecule has 0 aliphatic heterocycles. The molecule has 76 valence electrons. The fraction of sp³-hybridized carbons (Fsp3) is 0.300. The van der Waals surface area contributed by atoms with Crippen molar-refractivity contribution in [2.24, 2.45) is 0 Å². The second-order valence-electron chi connectivity index (χ2n) is 3.03. The number of phenols is 1. The summed E-state index contributed by atoms with van der Waals surface area (Å²) in [5, 5.41) is 9.07. The van der Waals surface area contributed by atoms with Crippen molar-refractivity contribution in [1.29, 1.82) is 0 Å². The van der Waals surface area contributed by atoms with E-state index < -0.39 is 0 Å². The number of halogens is 1. The lowest BCUT2D eigenvalue weighted by molar-refractivity contribution is -0.117. The van der Waals surface area contributed by atoms with Gasteiger partial charge in [-0.3, -0.25) is 4.79 Å². The number of benzene rings is 1. The maximum absolute atomic E-state index is 11.5. The van der Waals surface area contributed by atoms with Crippen LogP contribution in [0.4, 0.5) is 5.69 Å². The highest BCUT2D eigenvalue weighted by molar-refractivity contribution is 9.10. The number of anilines is 1. The molecular weight excluding hydrogens is 246 g/mol. The van der Waals surface area contributed by atoms with Gasteiger partial charge in [-0.15, -0.1) is 0 Å². The van der Waals surface area contributed by atoms with Gasteiger partial charge < -0.3 is 10.0 Å². The smallest absolute Gasteiger partial charge is 0.240 e. The van der Waals surface area contributed by atoms with E-state index in [2.05, 4.69) is 15.9 Å². The topological polar surface area (TPSA) is 40.5 Å². The summed E-state index contributed by atoms with van der Waals surface area (Å²) in [6.07, 6.45) is 0. The molecule has 1 amide bonds. The Balaban J connectivity index is 2.84. The van der Waals surface area contributed by atoms with Gasteiger partial charge in [0.25, 0.3) is 0 Å². The quantitative estimate of drug-likeness (QED) is 0.825. The number of nitrogens with zero attached hydrogens (tertiary/aromatic N) is 1. The predicted molar refractivity (Wildman–Crippen MR) is 59.9 cm³/mol. The SMILES string of the molecule is CC(Br)C(=O)N(C)c1ccc(O)cc1. The Morgan fingerprint density at radius 2 is 1.93 bits per heavy atom. The third kappa shape index (κ3) is 2.48. The van der Waals surface area contributed by atoms with Gasteiger partial charge in [0.15, 0.2) is 0 Å². The van der Waals surface area contributed by atoms with E-state index >= 15 is 0 Å². The zero-order chi connectivity index (χ0) is 10.7. The molecule has 4 heteroatoms. The van der Waals surface area contributed by atoms with Crippen LogP contribution in [-0.2, 0) is 4.79 Å². The molecule has 3 nitrogen and oxygen atoms in total. The van der Waals surface area contributed by atoms with Crippen molar-refractivity contribution in [2.75, 3.05) is 11.9 Å². The van der Waals surface area contributed by atoms with Crippen LogP contribution in [0.1, 0.15) is 6.92 Å². The van der Waals surface area contributed by atoms with Crippen molar-refractivity contribution >= 4 is 27.5 Å². The Morgan fingerprint density at radius 3 is 2.36 bits per heavy atom. The number of carbonyl (C=O) groups is 1. The monoisotopic (exact) mass is 257 g/mol. The number of hydrogen-bond donors (Lipinski definition) is 1. The second-order valence-corrected chi connectivity index (χ2v) is 4.40. The van der Waals surface area contributed by atoms with E-state index in [1.165, 1.54) is 0 Å². The Hall–Kier alpha value is -1.03. The molecule has 1 unspecified atom stereocenters. The molecule has 1 aromatic rings. The number of hydrogen-bond acceptors (Lipinski definition) is 2. The number of phenolic OH excluding ortho intramolecular Hbond substituents is 1. The Kier molecular flexibility index (Phi) is 3.52. The average Bonchev–Trinajstić information content (AvgIpc) is 2.16. The molecule has 0 bridgehead atoms. The largest absolute Gasteiger partial charge is 0.508 e. The number of alkyl halides is 1. The van der Waals surface area contributed by atoms with Crippen LogP contribution in [0.2, 0.25) is 0 Å². The minimum Gasteiger partial charge on any atom is -0.508 e. The summed E-state index contributed by atoms with van der Waals surface area (Å²) in [4.78, 5) is 12.9. The highest BCUT2D eigenvalue weighted by Gasteiger charge is 2.15. The van der Waals surface area contributed by atoms with Gasteiger partial charge in [-0.1, -0.05) is 15.9 Å². The fourth-order valence-electron chi connectivity index (χ4n) is 1.07. The van der Waals surface area contributed by atoms with Gasteiger partial charge >= 0.3 is 0 Å². The molecule has 1 N–H and O–H groups in total. The molecule has 1 atom stereocenters. The first-order chi connectivity index (χ1) is 6.52. The van der Waals surface area contributed by atoms with E-state index in [0.717, 1.165) is 5.69 Å². The van der Waals surface area contributed by atoms with Crippen molar-refractivity contribution in [1.82, 2.24) is 0 Å². The fourth-order valence-corrected chi connectivity index (χ4v) is 1.38. The molecule has 0 aliphatic rings. The van der Waals surface area contributed by atoms with Crippen LogP contribution in [0, 0.1) is 0 Å². The van der Waals surface area contributed by atoms with Gasteiger partial charge in [0.2, 0.25) is 5.91 Å². The van der Waals surface area contributed by atoms with Crippen molar-refractivity contribution in [3.8, 4) is 5.75 Å².